The van der Waals surface area contributed by atoms with Crippen molar-refractivity contribution in [3.63, 3.8) is 0 Å². The van der Waals surface area contributed by atoms with Crippen molar-refractivity contribution in [1.82, 2.24) is 19.9 Å². The molecule has 0 saturated heterocycles. The molecule has 0 aromatic carbocycles. The highest BCUT2D eigenvalue weighted by Gasteiger charge is 2.27. The summed E-state index contributed by atoms with van der Waals surface area (Å²) in [4.78, 5) is 1.56. The van der Waals surface area contributed by atoms with Gasteiger partial charge in [-0.1, -0.05) is 5.21 Å². The van der Waals surface area contributed by atoms with Crippen LogP contribution >= 0.6 is 0 Å². The van der Waals surface area contributed by atoms with Crippen LogP contribution in [0.1, 0.15) is 12.1 Å². The Bertz CT molecular complexity index is 336. The molecule has 98 valence electrons. The van der Waals surface area contributed by atoms with Gasteiger partial charge < -0.3 is 10.6 Å². The molecule has 8 heteroatoms. The summed E-state index contributed by atoms with van der Waals surface area (Å²) in [5.41, 5.74) is 5.98. The zero-order valence-electron chi connectivity index (χ0n) is 9.61. The molecule has 17 heavy (non-hydrogen) atoms. The number of halogens is 3. The van der Waals surface area contributed by atoms with E-state index in [0.29, 0.717) is 25.3 Å². The van der Waals surface area contributed by atoms with E-state index in [2.05, 4.69) is 10.3 Å². The van der Waals surface area contributed by atoms with Gasteiger partial charge in [0.15, 0.2) is 0 Å². The molecule has 0 atom stereocenters. The highest BCUT2D eigenvalue weighted by molar-refractivity contribution is 4.91. The van der Waals surface area contributed by atoms with Gasteiger partial charge in [-0.3, -0.25) is 4.68 Å². The van der Waals surface area contributed by atoms with Crippen molar-refractivity contribution < 1.29 is 13.2 Å². The van der Waals surface area contributed by atoms with Gasteiger partial charge in [-0.05, 0) is 7.05 Å². The van der Waals surface area contributed by atoms with Crippen molar-refractivity contribution in [2.45, 2.75) is 25.7 Å². The van der Waals surface area contributed by atoms with Crippen LogP contribution in [0.2, 0.25) is 0 Å². The van der Waals surface area contributed by atoms with Crippen LogP contribution in [0.3, 0.4) is 0 Å². The van der Waals surface area contributed by atoms with Crippen molar-refractivity contribution in [2.24, 2.45) is 5.73 Å². The predicted molar refractivity (Wildman–Crippen MR) is 56.1 cm³/mol. The molecule has 0 radical (unpaired) electrons. The number of nitrogens with two attached hydrogens (primary N) is 1. The topological polar surface area (TPSA) is 60.0 Å². The Hall–Kier alpha value is -1.15. The summed E-state index contributed by atoms with van der Waals surface area (Å²) >= 11 is 0. The summed E-state index contributed by atoms with van der Waals surface area (Å²) in [5, 5.41) is 7.66. The van der Waals surface area contributed by atoms with E-state index < -0.39 is 12.6 Å². The highest BCUT2D eigenvalue weighted by Crippen LogP contribution is 2.19. The minimum atomic E-state index is -4.12. The molecule has 5 nitrogen and oxygen atoms in total. The van der Waals surface area contributed by atoms with E-state index in [1.807, 2.05) is 0 Å². The molecule has 1 heterocycles. The number of rotatable bonds is 6. The van der Waals surface area contributed by atoms with E-state index >= 15 is 0 Å². The summed E-state index contributed by atoms with van der Waals surface area (Å²) in [6.07, 6.45) is -3.25. The second kappa shape index (κ2) is 5.97. The smallest absolute Gasteiger partial charge is 0.329 e. The van der Waals surface area contributed by atoms with Gasteiger partial charge in [0.05, 0.1) is 18.7 Å². The second-order valence-corrected chi connectivity index (χ2v) is 3.86. The fraction of sp³-hybridized carbons (Fsp3) is 0.778. The van der Waals surface area contributed by atoms with Crippen LogP contribution in [-0.2, 0) is 13.1 Å². The third kappa shape index (κ3) is 5.64. The molecule has 0 amide bonds. The average molecular weight is 251 g/mol. The van der Waals surface area contributed by atoms with Gasteiger partial charge in [0.1, 0.15) is 0 Å². The molecule has 0 saturated carbocycles. The standard InChI is InChI=1S/C9H16F3N5/c1-16(4-2-9(10,11)12)6-8-7-17(5-3-13)15-14-8/h7H,2-6,13H2,1H3. The zero-order valence-corrected chi connectivity index (χ0v) is 9.61. The lowest BCUT2D eigenvalue weighted by Gasteiger charge is -2.15. The van der Waals surface area contributed by atoms with E-state index in [0.717, 1.165) is 0 Å². The Morgan fingerprint density at radius 3 is 2.76 bits per heavy atom. The molecule has 1 aromatic heterocycles. The number of aromatic nitrogens is 3. The maximum absolute atomic E-state index is 12.0. The Labute approximate surface area is 97.4 Å². The summed E-state index contributed by atoms with van der Waals surface area (Å²) in [7, 11) is 1.62. The molecule has 0 unspecified atom stereocenters. The average Bonchev–Trinajstić information content (AvgIpc) is 2.62. The maximum atomic E-state index is 12.0. The SMILES string of the molecule is CN(CCC(F)(F)F)Cc1cn(CCN)nn1. The van der Waals surface area contributed by atoms with Crippen molar-refractivity contribution in [3.8, 4) is 0 Å². The van der Waals surface area contributed by atoms with Crippen molar-refractivity contribution in [3.05, 3.63) is 11.9 Å². The molecule has 0 aliphatic carbocycles. The molecule has 0 aliphatic heterocycles. The first kappa shape index (κ1) is 13.9. The Morgan fingerprint density at radius 1 is 1.47 bits per heavy atom. The van der Waals surface area contributed by atoms with Gasteiger partial charge in [-0.25, -0.2) is 0 Å². The molecular formula is C9H16F3N5. The summed E-state index contributed by atoms with van der Waals surface area (Å²) < 4.78 is 37.5. The minimum absolute atomic E-state index is 0.0484. The quantitative estimate of drug-likeness (QED) is 0.805. The summed E-state index contributed by atoms with van der Waals surface area (Å²) in [5.74, 6) is 0. The van der Waals surface area contributed by atoms with Gasteiger partial charge in [0.2, 0.25) is 0 Å². The Morgan fingerprint density at radius 2 is 2.18 bits per heavy atom. The number of nitrogens with zero attached hydrogens (tertiary/aromatic N) is 4. The van der Waals surface area contributed by atoms with E-state index in [9.17, 15) is 13.2 Å². The van der Waals surface area contributed by atoms with Gasteiger partial charge in [0.25, 0.3) is 0 Å². The third-order valence-corrected chi connectivity index (χ3v) is 2.15. The zero-order chi connectivity index (χ0) is 12.9. The molecule has 1 rings (SSSR count). The van der Waals surface area contributed by atoms with Crippen LogP contribution in [0.25, 0.3) is 0 Å². The number of alkyl halides is 3. The van der Waals surface area contributed by atoms with Crippen LogP contribution in [0.4, 0.5) is 13.2 Å². The van der Waals surface area contributed by atoms with Gasteiger partial charge >= 0.3 is 6.18 Å². The van der Waals surface area contributed by atoms with Crippen LogP contribution in [0.15, 0.2) is 6.20 Å². The molecule has 0 fully saturated rings. The molecule has 0 bridgehead atoms. The van der Waals surface area contributed by atoms with E-state index in [4.69, 9.17) is 5.73 Å². The fourth-order valence-corrected chi connectivity index (χ4v) is 1.33. The molecule has 0 aliphatic rings. The lowest BCUT2D eigenvalue weighted by atomic mass is 10.3. The summed E-state index contributed by atoms with van der Waals surface area (Å²) in [6.45, 7) is 1.31. The first-order valence-corrected chi connectivity index (χ1v) is 5.25. The highest BCUT2D eigenvalue weighted by atomic mass is 19.4. The normalized spacial score (nSPS) is 12.4. The molecule has 0 spiro atoms. The van der Waals surface area contributed by atoms with Crippen LogP contribution in [0, 0.1) is 0 Å². The van der Waals surface area contributed by atoms with Crippen molar-refractivity contribution >= 4 is 0 Å². The lowest BCUT2D eigenvalue weighted by Crippen LogP contribution is -2.24. The largest absolute Gasteiger partial charge is 0.390 e. The van der Waals surface area contributed by atoms with E-state index in [1.165, 1.54) is 0 Å². The third-order valence-electron chi connectivity index (χ3n) is 2.15. The first-order chi connectivity index (χ1) is 7.90. The lowest BCUT2D eigenvalue weighted by molar-refractivity contribution is -0.137. The van der Waals surface area contributed by atoms with Crippen molar-refractivity contribution in [2.75, 3.05) is 20.1 Å². The Kier molecular flexibility index (Phi) is 4.88. The second-order valence-electron chi connectivity index (χ2n) is 3.86. The molecule has 2 N–H and O–H groups in total. The predicted octanol–water partition coefficient (Wildman–Crippen LogP) is 0.621. The molecular weight excluding hydrogens is 235 g/mol. The minimum Gasteiger partial charge on any atom is -0.329 e. The maximum Gasteiger partial charge on any atom is 0.390 e. The van der Waals surface area contributed by atoms with Gasteiger partial charge in [0, 0.05) is 25.8 Å². The first-order valence-electron chi connectivity index (χ1n) is 5.25. The number of hydrogen-bond donors (Lipinski definition) is 1. The Balaban J connectivity index is 2.36. The van der Waals surface area contributed by atoms with E-state index in [-0.39, 0.29) is 6.54 Å². The van der Waals surface area contributed by atoms with Crippen LogP contribution < -0.4 is 5.73 Å². The van der Waals surface area contributed by atoms with E-state index in [1.54, 1.807) is 22.8 Å². The van der Waals surface area contributed by atoms with Gasteiger partial charge in [-0.2, -0.15) is 13.2 Å². The number of hydrogen-bond acceptors (Lipinski definition) is 4. The van der Waals surface area contributed by atoms with Gasteiger partial charge in [-0.15, -0.1) is 5.10 Å². The van der Waals surface area contributed by atoms with Crippen molar-refractivity contribution in [1.29, 1.82) is 0 Å². The van der Waals surface area contributed by atoms with Crippen LogP contribution in [-0.4, -0.2) is 46.2 Å². The molecule has 1 aromatic rings. The monoisotopic (exact) mass is 251 g/mol. The van der Waals surface area contributed by atoms with Crippen LogP contribution in [0.5, 0.6) is 0 Å². The summed E-state index contributed by atoms with van der Waals surface area (Å²) in [6, 6.07) is 0. The fourth-order valence-electron chi connectivity index (χ4n) is 1.33.